The Morgan fingerprint density at radius 1 is 1.07 bits per heavy atom. The number of ether oxygens (including phenoxy) is 2. The lowest BCUT2D eigenvalue weighted by Gasteiger charge is -2.28. The molecule has 0 spiro atoms. The van der Waals surface area contributed by atoms with E-state index in [1.54, 1.807) is 12.3 Å². The highest BCUT2D eigenvalue weighted by Crippen LogP contribution is 2.50. The molecule has 12 nitrogen and oxygen atoms in total. The Morgan fingerprint density at radius 2 is 1.88 bits per heavy atom. The standard InChI is InChI=1S/C29H29Cl2N9O3/c1-42-22-10-19(28(32)41)25(30)27(26(22)31)40(18-3-4-18)29-20(13-33-15-37-29)21-11-24(36-16-35-21)38-23-5-2-17(12-34-23)14-39-6-8-43-9-7-39/h2,5,10-13,15-16,18H,3-4,6-9,14H2,1H3,(H2,32,41)(H,34,35,36,38). The van der Waals surface area contributed by atoms with Gasteiger partial charge in [-0.15, -0.1) is 0 Å². The molecular weight excluding hydrogens is 593 g/mol. The zero-order valence-electron chi connectivity index (χ0n) is 23.3. The second kappa shape index (κ2) is 12.6. The number of rotatable bonds is 10. The molecular formula is C29H29Cl2N9O3. The maximum atomic E-state index is 12.2. The largest absolute Gasteiger partial charge is 0.495 e. The van der Waals surface area contributed by atoms with E-state index in [9.17, 15) is 4.79 Å². The van der Waals surface area contributed by atoms with Gasteiger partial charge in [-0.25, -0.2) is 24.9 Å². The molecule has 4 heterocycles. The zero-order chi connectivity index (χ0) is 29.9. The summed E-state index contributed by atoms with van der Waals surface area (Å²) in [6.07, 6.45) is 8.15. The molecule has 14 heteroatoms. The number of aromatic nitrogens is 5. The van der Waals surface area contributed by atoms with Crippen molar-refractivity contribution in [3.8, 4) is 17.0 Å². The lowest BCUT2D eigenvalue weighted by atomic mass is 10.1. The van der Waals surface area contributed by atoms with Crippen molar-refractivity contribution < 1.29 is 14.3 Å². The van der Waals surface area contributed by atoms with Crippen molar-refractivity contribution in [3.05, 3.63) is 70.5 Å². The summed E-state index contributed by atoms with van der Waals surface area (Å²) in [5, 5.41) is 3.61. The van der Waals surface area contributed by atoms with E-state index in [2.05, 4.69) is 35.1 Å². The molecule has 1 saturated carbocycles. The molecule has 1 aliphatic heterocycles. The van der Waals surface area contributed by atoms with Gasteiger partial charge in [0.2, 0.25) is 5.91 Å². The third-order valence-corrected chi connectivity index (χ3v) is 7.98. The average Bonchev–Trinajstić information content (AvgIpc) is 3.86. The van der Waals surface area contributed by atoms with Crippen LogP contribution in [0.4, 0.5) is 23.1 Å². The molecule has 222 valence electrons. The van der Waals surface area contributed by atoms with Gasteiger partial charge in [-0.1, -0.05) is 29.3 Å². The van der Waals surface area contributed by atoms with Crippen molar-refractivity contribution >= 4 is 52.3 Å². The first-order valence-electron chi connectivity index (χ1n) is 13.7. The summed E-state index contributed by atoms with van der Waals surface area (Å²) in [4.78, 5) is 38.8. The number of nitrogens with one attached hydrogen (secondary N) is 1. The third kappa shape index (κ3) is 6.32. The Kier molecular flexibility index (Phi) is 8.52. The first-order chi connectivity index (χ1) is 20.9. The lowest BCUT2D eigenvalue weighted by Crippen LogP contribution is -2.35. The second-order valence-corrected chi connectivity index (χ2v) is 10.9. The predicted octanol–water partition coefficient (Wildman–Crippen LogP) is 4.62. The minimum atomic E-state index is -0.700. The summed E-state index contributed by atoms with van der Waals surface area (Å²) >= 11 is 13.5. The van der Waals surface area contributed by atoms with Crippen molar-refractivity contribution in [3.63, 3.8) is 0 Å². The van der Waals surface area contributed by atoms with Crippen LogP contribution in [0, 0.1) is 0 Å². The molecule has 1 aliphatic carbocycles. The maximum Gasteiger partial charge on any atom is 0.250 e. The number of amides is 1. The van der Waals surface area contributed by atoms with Gasteiger partial charge >= 0.3 is 0 Å². The maximum absolute atomic E-state index is 12.2. The quantitative estimate of drug-likeness (QED) is 0.256. The van der Waals surface area contributed by atoms with Crippen LogP contribution in [0.5, 0.6) is 5.75 Å². The molecule has 6 rings (SSSR count). The van der Waals surface area contributed by atoms with Crippen LogP contribution in [0.1, 0.15) is 28.8 Å². The summed E-state index contributed by atoms with van der Waals surface area (Å²) < 4.78 is 10.9. The Bertz CT molecular complexity index is 1630. The summed E-state index contributed by atoms with van der Waals surface area (Å²) in [7, 11) is 1.46. The fraction of sp³-hybridized carbons (Fsp3) is 0.310. The van der Waals surface area contributed by atoms with Gasteiger partial charge in [-0.05, 0) is 30.5 Å². The van der Waals surface area contributed by atoms with E-state index in [0.29, 0.717) is 34.4 Å². The van der Waals surface area contributed by atoms with Crippen molar-refractivity contribution in [1.29, 1.82) is 0 Å². The number of carbonyl (C=O) groups is 1. The van der Waals surface area contributed by atoms with Gasteiger partial charge in [-0.2, -0.15) is 0 Å². The molecule has 43 heavy (non-hydrogen) atoms. The number of morpholine rings is 1. The van der Waals surface area contributed by atoms with Crippen LogP contribution in [0.3, 0.4) is 0 Å². The Balaban J connectivity index is 1.31. The van der Waals surface area contributed by atoms with Gasteiger partial charge in [0, 0.05) is 44.1 Å². The molecule has 1 saturated heterocycles. The topological polar surface area (TPSA) is 145 Å². The van der Waals surface area contributed by atoms with Gasteiger partial charge in [-0.3, -0.25) is 9.69 Å². The fourth-order valence-electron chi connectivity index (χ4n) is 4.94. The number of pyridine rings is 1. The molecule has 3 N–H and O–H groups in total. The molecule has 2 fully saturated rings. The van der Waals surface area contributed by atoms with Gasteiger partial charge in [0.25, 0.3) is 0 Å². The van der Waals surface area contributed by atoms with E-state index in [1.807, 2.05) is 23.2 Å². The van der Waals surface area contributed by atoms with Crippen LogP contribution in [-0.2, 0) is 11.3 Å². The van der Waals surface area contributed by atoms with E-state index >= 15 is 0 Å². The molecule has 0 atom stereocenters. The van der Waals surface area contributed by atoms with E-state index in [1.165, 1.54) is 25.8 Å². The average molecular weight is 623 g/mol. The van der Waals surface area contributed by atoms with Crippen LogP contribution in [0.15, 0.2) is 49.3 Å². The molecule has 0 bridgehead atoms. The number of methoxy groups -OCH3 is 1. The van der Waals surface area contributed by atoms with Crippen molar-refractivity contribution in [2.24, 2.45) is 5.73 Å². The lowest BCUT2D eigenvalue weighted by molar-refractivity contribution is 0.0341. The first-order valence-corrected chi connectivity index (χ1v) is 14.5. The van der Waals surface area contributed by atoms with E-state index in [0.717, 1.165) is 51.3 Å². The molecule has 4 aromatic rings. The Hall–Kier alpha value is -4.10. The number of nitrogens with zero attached hydrogens (tertiary/aromatic N) is 7. The Morgan fingerprint density at radius 3 is 2.58 bits per heavy atom. The summed E-state index contributed by atoms with van der Waals surface area (Å²) in [6, 6.07) is 7.22. The summed E-state index contributed by atoms with van der Waals surface area (Å²) in [5.74, 6) is 1.27. The third-order valence-electron chi connectivity index (χ3n) is 7.24. The molecule has 2 aliphatic rings. The number of benzene rings is 1. The SMILES string of the molecule is COc1cc(C(N)=O)c(Cl)c(N(c2ncncc2-c2cc(Nc3ccc(CN4CCOCC4)cn3)ncn2)C2CC2)c1Cl. The van der Waals surface area contributed by atoms with Crippen LogP contribution in [0.2, 0.25) is 10.0 Å². The van der Waals surface area contributed by atoms with Gasteiger partial charge in [0.05, 0.1) is 47.9 Å². The highest BCUT2D eigenvalue weighted by atomic mass is 35.5. The number of anilines is 4. The Labute approximate surface area is 258 Å². The number of hydrogen-bond acceptors (Lipinski definition) is 11. The van der Waals surface area contributed by atoms with Crippen LogP contribution >= 0.6 is 23.2 Å². The van der Waals surface area contributed by atoms with Crippen molar-refractivity contribution in [1.82, 2.24) is 29.8 Å². The van der Waals surface area contributed by atoms with Crippen LogP contribution < -0.4 is 20.7 Å². The minimum Gasteiger partial charge on any atom is -0.495 e. The van der Waals surface area contributed by atoms with E-state index in [4.69, 9.17) is 38.4 Å². The smallest absolute Gasteiger partial charge is 0.250 e. The highest BCUT2D eigenvalue weighted by Gasteiger charge is 2.37. The van der Waals surface area contributed by atoms with Crippen molar-refractivity contribution in [2.45, 2.75) is 25.4 Å². The van der Waals surface area contributed by atoms with Gasteiger partial charge in [0.1, 0.15) is 40.9 Å². The molecule has 0 unspecified atom stereocenters. The van der Waals surface area contributed by atoms with Gasteiger partial charge in [0.15, 0.2) is 0 Å². The van der Waals surface area contributed by atoms with Crippen LogP contribution in [0.25, 0.3) is 11.3 Å². The first kappa shape index (κ1) is 29.0. The minimum absolute atomic E-state index is 0.0242. The van der Waals surface area contributed by atoms with Gasteiger partial charge < -0.3 is 25.4 Å². The molecule has 1 amide bonds. The predicted molar refractivity (Wildman–Crippen MR) is 163 cm³/mol. The second-order valence-electron chi connectivity index (χ2n) is 10.2. The van der Waals surface area contributed by atoms with Crippen molar-refractivity contribution in [2.75, 3.05) is 43.6 Å². The summed E-state index contributed by atoms with van der Waals surface area (Å²) in [6.45, 7) is 4.16. The summed E-state index contributed by atoms with van der Waals surface area (Å²) in [5.41, 5.74) is 8.41. The molecule has 3 aromatic heterocycles. The monoisotopic (exact) mass is 621 g/mol. The number of primary amides is 1. The fourth-order valence-corrected chi connectivity index (χ4v) is 5.64. The molecule has 1 aromatic carbocycles. The van der Waals surface area contributed by atoms with E-state index < -0.39 is 5.91 Å². The highest BCUT2D eigenvalue weighted by molar-refractivity contribution is 6.42. The number of hydrogen-bond donors (Lipinski definition) is 2. The number of carbonyl (C=O) groups excluding carboxylic acids is 1. The normalized spacial score (nSPS) is 15.2. The number of nitrogens with two attached hydrogens (primary N) is 1. The van der Waals surface area contributed by atoms with E-state index in [-0.39, 0.29) is 27.4 Å². The van der Waals surface area contributed by atoms with Crippen LogP contribution in [-0.4, -0.2) is 75.2 Å². The zero-order valence-corrected chi connectivity index (χ0v) is 24.8. The number of halogens is 2. The molecule has 0 radical (unpaired) electrons.